The fourth-order valence-corrected chi connectivity index (χ4v) is 4.90. The molecule has 2 fully saturated rings. The predicted molar refractivity (Wildman–Crippen MR) is 129 cm³/mol. The van der Waals surface area contributed by atoms with Gasteiger partial charge >= 0.3 is 5.69 Å². The molecule has 2 saturated heterocycles. The lowest BCUT2D eigenvalue weighted by Gasteiger charge is -2.35. The first-order valence-corrected chi connectivity index (χ1v) is 11.9. The Bertz CT molecular complexity index is 1190. The molecule has 0 spiro atoms. The van der Waals surface area contributed by atoms with Gasteiger partial charge in [0.15, 0.2) is 5.82 Å². The molecule has 2 aliphatic heterocycles. The lowest BCUT2D eigenvalue weighted by molar-refractivity contribution is -0.0586. The van der Waals surface area contributed by atoms with Crippen LogP contribution < -0.4 is 10.6 Å². The van der Waals surface area contributed by atoms with E-state index in [9.17, 15) is 9.59 Å². The van der Waals surface area contributed by atoms with Gasteiger partial charge in [-0.2, -0.15) is 0 Å². The highest BCUT2D eigenvalue weighted by molar-refractivity contribution is 5.95. The number of aromatic amines is 1. The molecule has 0 radical (unpaired) electrons. The number of nitrogens with one attached hydrogen (secondary N) is 1. The average Bonchev–Trinajstić information content (AvgIpc) is 3.25. The van der Waals surface area contributed by atoms with Gasteiger partial charge in [-0.05, 0) is 38.8 Å². The molecule has 0 aliphatic carbocycles. The molecule has 1 aromatic carbocycles. The number of aromatic nitrogens is 4. The van der Waals surface area contributed by atoms with E-state index in [1.807, 2.05) is 55.1 Å². The van der Waals surface area contributed by atoms with Gasteiger partial charge in [0.05, 0.1) is 18.2 Å². The fourth-order valence-electron chi connectivity index (χ4n) is 4.90. The minimum atomic E-state index is -0.183. The van der Waals surface area contributed by atoms with Gasteiger partial charge < -0.3 is 14.5 Å². The van der Waals surface area contributed by atoms with Crippen LogP contribution in [-0.4, -0.2) is 68.9 Å². The minimum absolute atomic E-state index is 0.0112. The molecule has 0 bridgehead atoms. The number of anilines is 1. The van der Waals surface area contributed by atoms with Crippen molar-refractivity contribution in [2.24, 2.45) is 0 Å². The maximum Gasteiger partial charge on any atom is 0.343 e. The summed E-state index contributed by atoms with van der Waals surface area (Å²) in [6, 6.07) is 13.3. The Morgan fingerprint density at radius 2 is 1.76 bits per heavy atom. The van der Waals surface area contributed by atoms with Gasteiger partial charge in [-0.25, -0.2) is 14.5 Å². The van der Waals surface area contributed by atoms with E-state index in [0.717, 1.165) is 37.3 Å². The molecule has 2 atom stereocenters. The maximum absolute atomic E-state index is 13.1. The Balaban J connectivity index is 1.26. The van der Waals surface area contributed by atoms with Crippen LogP contribution in [0.2, 0.25) is 0 Å². The summed E-state index contributed by atoms with van der Waals surface area (Å²) in [7, 11) is 0. The lowest BCUT2D eigenvalue weighted by atomic mass is 10.1. The van der Waals surface area contributed by atoms with E-state index in [0.29, 0.717) is 24.5 Å². The van der Waals surface area contributed by atoms with E-state index in [1.54, 1.807) is 16.9 Å². The Hall–Kier alpha value is -3.46. The van der Waals surface area contributed by atoms with Gasteiger partial charge in [-0.15, -0.1) is 5.10 Å². The van der Waals surface area contributed by atoms with Crippen molar-refractivity contribution in [3.63, 3.8) is 0 Å². The number of hydrogen-bond donors (Lipinski definition) is 1. The van der Waals surface area contributed by atoms with Crippen LogP contribution in [0, 0.1) is 0 Å². The first-order valence-electron chi connectivity index (χ1n) is 11.9. The molecule has 0 unspecified atom stereocenters. The van der Waals surface area contributed by atoms with E-state index in [1.165, 1.54) is 0 Å². The number of hydrogen-bond acceptors (Lipinski definition) is 6. The molecular weight excluding hydrogens is 432 g/mol. The molecule has 2 aromatic heterocycles. The lowest BCUT2D eigenvalue weighted by Crippen LogP contribution is -2.48. The molecule has 2 aliphatic rings. The SMILES string of the molecule is C[C@@H]1CN(C(=O)c2ccnc(N3CCC(n4nc(-c5ccccc5)[nH]c4=O)CC3)c2)C[C@H](C)O1. The van der Waals surface area contributed by atoms with Crippen molar-refractivity contribution in [3.05, 3.63) is 64.7 Å². The number of amides is 1. The highest BCUT2D eigenvalue weighted by atomic mass is 16.5. The summed E-state index contributed by atoms with van der Waals surface area (Å²) in [5.41, 5.74) is 1.35. The van der Waals surface area contributed by atoms with Crippen LogP contribution in [0.5, 0.6) is 0 Å². The molecule has 1 amide bonds. The molecule has 178 valence electrons. The number of carbonyl (C=O) groups excluding carboxylic acids is 1. The largest absolute Gasteiger partial charge is 0.372 e. The van der Waals surface area contributed by atoms with Crippen LogP contribution in [0.4, 0.5) is 5.82 Å². The third-order valence-electron chi connectivity index (χ3n) is 6.52. The van der Waals surface area contributed by atoms with E-state index in [-0.39, 0.29) is 29.8 Å². The zero-order valence-electron chi connectivity index (χ0n) is 19.6. The number of carbonyl (C=O) groups is 1. The number of piperidine rings is 1. The average molecular weight is 463 g/mol. The van der Waals surface area contributed by atoms with Crippen molar-refractivity contribution in [2.45, 2.75) is 44.9 Å². The van der Waals surface area contributed by atoms with Crippen molar-refractivity contribution in [2.75, 3.05) is 31.1 Å². The van der Waals surface area contributed by atoms with E-state index < -0.39 is 0 Å². The number of pyridine rings is 1. The van der Waals surface area contributed by atoms with Crippen LogP contribution >= 0.6 is 0 Å². The Kier molecular flexibility index (Phi) is 6.19. The number of ether oxygens (including phenoxy) is 1. The molecule has 1 N–H and O–H groups in total. The van der Waals surface area contributed by atoms with Crippen LogP contribution in [0.25, 0.3) is 11.4 Å². The van der Waals surface area contributed by atoms with Gasteiger partial charge in [-0.1, -0.05) is 30.3 Å². The standard InChI is InChI=1S/C25H30N6O3/c1-17-15-30(16-18(2)34-17)24(32)20-8-11-26-22(14-20)29-12-9-21(10-13-29)31-25(33)27-23(28-31)19-6-4-3-5-7-19/h3-8,11,14,17-18,21H,9-10,12-13,15-16H2,1-2H3,(H,27,28,33)/t17-,18+. The van der Waals surface area contributed by atoms with Crippen LogP contribution in [0.3, 0.4) is 0 Å². The van der Waals surface area contributed by atoms with Crippen LogP contribution in [0.15, 0.2) is 53.5 Å². The highest BCUT2D eigenvalue weighted by Gasteiger charge is 2.28. The Labute approximate surface area is 198 Å². The molecule has 0 saturated carbocycles. The van der Waals surface area contributed by atoms with E-state index >= 15 is 0 Å². The van der Waals surface area contributed by atoms with Gasteiger partial charge in [0.2, 0.25) is 0 Å². The summed E-state index contributed by atoms with van der Waals surface area (Å²) in [6.45, 7) is 6.64. The smallest absolute Gasteiger partial charge is 0.343 e. The Morgan fingerprint density at radius 3 is 2.47 bits per heavy atom. The minimum Gasteiger partial charge on any atom is -0.372 e. The summed E-state index contributed by atoms with van der Waals surface area (Å²) >= 11 is 0. The zero-order chi connectivity index (χ0) is 23.7. The number of nitrogens with zero attached hydrogens (tertiary/aromatic N) is 5. The summed E-state index contributed by atoms with van der Waals surface area (Å²) in [5, 5.41) is 4.56. The number of morpholine rings is 1. The molecule has 4 heterocycles. The topological polar surface area (TPSA) is 96.4 Å². The molecule has 5 rings (SSSR count). The monoisotopic (exact) mass is 462 g/mol. The fraction of sp³-hybridized carbons (Fsp3) is 0.440. The van der Waals surface area contributed by atoms with Crippen molar-refractivity contribution in [1.29, 1.82) is 0 Å². The van der Waals surface area contributed by atoms with Gasteiger partial charge in [-0.3, -0.25) is 9.78 Å². The number of H-pyrrole nitrogens is 1. The van der Waals surface area contributed by atoms with Gasteiger partial charge in [0.1, 0.15) is 5.82 Å². The first kappa shape index (κ1) is 22.3. The van der Waals surface area contributed by atoms with Crippen LogP contribution in [0.1, 0.15) is 43.1 Å². The highest BCUT2D eigenvalue weighted by Crippen LogP contribution is 2.26. The second-order valence-corrected chi connectivity index (χ2v) is 9.18. The second kappa shape index (κ2) is 9.42. The first-order chi connectivity index (χ1) is 16.5. The van der Waals surface area contributed by atoms with Crippen molar-refractivity contribution in [1.82, 2.24) is 24.6 Å². The normalized spacial score (nSPS) is 21.6. The third-order valence-corrected chi connectivity index (χ3v) is 6.52. The molecule has 34 heavy (non-hydrogen) atoms. The second-order valence-electron chi connectivity index (χ2n) is 9.18. The molecule has 9 heteroatoms. The van der Waals surface area contributed by atoms with Gasteiger partial charge in [0, 0.05) is 43.5 Å². The van der Waals surface area contributed by atoms with Crippen molar-refractivity contribution in [3.8, 4) is 11.4 Å². The van der Waals surface area contributed by atoms with Crippen LogP contribution in [-0.2, 0) is 4.74 Å². The van der Waals surface area contributed by atoms with E-state index in [2.05, 4.69) is 20.0 Å². The maximum atomic E-state index is 13.1. The molecule has 3 aromatic rings. The molecular formula is C25H30N6O3. The van der Waals surface area contributed by atoms with Gasteiger partial charge in [0.25, 0.3) is 5.91 Å². The summed E-state index contributed by atoms with van der Waals surface area (Å²) < 4.78 is 7.33. The van der Waals surface area contributed by atoms with Crippen molar-refractivity contribution < 1.29 is 9.53 Å². The summed E-state index contributed by atoms with van der Waals surface area (Å²) in [4.78, 5) is 37.1. The number of rotatable bonds is 4. The number of benzene rings is 1. The predicted octanol–water partition coefficient (Wildman–Crippen LogP) is 2.72. The van der Waals surface area contributed by atoms with Crippen molar-refractivity contribution >= 4 is 11.7 Å². The quantitative estimate of drug-likeness (QED) is 0.641. The third kappa shape index (κ3) is 4.61. The Morgan fingerprint density at radius 1 is 1.06 bits per heavy atom. The summed E-state index contributed by atoms with van der Waals surface area (Å²) in [5.74, 6) is 1.39. The summed E-state index contributed by atoms with van der Waals surface area (Å²) in [6.07, 6.45) is 3.31. The van der Waals surface area contributed by atoms with E-state index in [4.69, 9.17) is 4.74 Å². The zero-order valence-corrected chi connectivity index (χ0v) is 19.6. The molecule has 9 nitrogen and oxygen atoms in total.